The molecular weight excluding hydrogens is 194 g/mol. The Morgan fingerprint density at radius 3 is 2.67 bits per heavy atom. The van der Waals surface area contributed by atoms with Gasteiger partial charge in [-0.25, -0.2) is 4.98 Å². The van der Waals surface area contributed by atoms with E-state index in [9.17, 15) is 9.59 Å². The molecule has 0 N–H and O–H groups in total. The highest BCUT2D eigenvalue weighted by Gasteiger charge is 2.10. The van der Waals surface area contributed by atoms with Gasteiger partial charge in [-0.3, -0.25) is 14.2 Å². The van der Waals surface area contributed by atoms with E-state index in [-0.39, 0.29) is 18.0 Å². The second-order valence-corrected chi connectivity index (χ2v) is 3.11. The number of hydrogen-bond acceptors (Lipinski definition) is 3. The van der Waals surface area contributed by atoms with E-state index in [1.54, 1.807) is 4.90 Å². The van der Waals surface area contributed by atoms with Crippen LogP contribution in [0.3, 0.4) is 0 Å². The molecule has 0 unspecified atom stereocenters. The highest BCUT2D eigenvalue weighted by Crippen LogP contribution is 1.91. The lowest BCUT2D eigenvalue weighted by Gasteiger charge is -2.18. The van der Waals surface area contributed by atoms with Gasteiger partial charge in [-0.15, -0.1) is 0 Å². The third kappa shape index (κ3) is 2.90. The van der Waals surface area contributed by atoms with Crippen LogP contribution in [0.15, 0.2) is 23.4 Å². The van der Waals surface area contributed by atoms with Crippen molar-refractivity contribution in [1.29, 1.82) is 0 Å². The maximum atomic E-state index is 11.7. The molecule has 5 heteroatoms. The van der Waals surface area contributed by atoms with Crippen molar-refractivity contribution in [1.82, 2.24) is 14.5 Å². The Labute approximate surface area is 88.4 Å². The van der Waals surface area contributed by atoms with Crippen LogP contribution in [0, 0.1) is 0 Å². The first kappa shape index (κ1) is 11.4. The van der Waals surface area contributed by atoms with Crippen molar-refractivity contribution in [3.63, 3.8) is 0 Å². The van der Waals surface area contributed by atoms with Crippen molar-refractivity contribution in [3.8, 4) is 0 Å². The van der Waals surface area contributed by atoms with E-state index in [1.807, 2.05) is 13.8 Å². The summed E-state index contributed by atoms with van der Waals surface area (Å²) >= 11 is 0. The van der Waals surface area contributed by atoms with Crippen molar-refractivity contribution < 1.29 is 4.79 Å². The second kappa shape index (κ2) is 5.29. The van der Waals surface area contributed by atoms with Crippen molar-refractivity contribution >= 4 is 5.91 Å². The molecule has 0 radical (unpaired) electrons. The minimum absolute atomic E-state index is 0.0601. The van der Waals surface area contributed by atoms with Crippen LogP contribution in [0.4, 0.5) is 0 Å². The van der Waals surface area contributed by atoms with Gasteiger partial charge in [0.1, 0.15) is 6.54 Å². The van der Waals surface area contributed by atoms with Crippen LogP contribution >= 0.6 is 0 Å². The van der Waals surface area contributed by atoms with Gasteiger partial charge in [-0.05, 0) is 13.8 Å². The Hall–Kier alpha value is -1.65. The van der Waals surface area contributed by atoms with E-state index in [1.165, 1.54) is 23.2 Å². The van der Waals surface area contributed by atoms with Gasteiger partial charge < -0.3 is 4.90 Å². The molecule has 0 aromatic carbocycles. The zero-order valence-corrected chi connectivity index (χ0v) is 9.01. The largest absolute Gasteiger partial charge is 0.342 e. The van der Waals surface area contributed by atoms with Gasteiger partial charge in [0.05, 0.1) is 6.33 Å². The molecular formula is C10H15N3O2. The molecule has 0 aliphatic carbocycles. The maximum absolute atomic E-state index is 11.7. The molecule has 5 nitrogen and oxygen atoms in total. The Morgan fingerprint density at radius 1 is 1.47 bits per heavy atom. The van der Waals surface area contributed by atoms with E-state index in [2.05, 4.69) is 4.98 Å². The smallest absolute Gasteiger partial charge is 0.253 e. The average Bonchev–Trinajstić information content (AvgIpc) is 2.23. The number of rotatable bonds is 4. The fraction of sp³-hybridized carbons (Fsp3) is 0.500. The van der Waals surface area contributed by atoms with Crippen molar-refractivity contribution in [2.75, 3.05) is 13.1 Å². The summed E-state index contributed by atoms with van der Waals surface area (Å²) in [6.07, 6.45) is 2.80. The van der Waals surface area contributed by atoms with Gasteiger partial charge >= 0.3 is 0 Å². The summed E-state index contributed by atoms with van der Waals surface area (Å²) in [6.45, 7) is 5.20. The molecule has 0 aliphatic heterocycles. The summed E-state index contributed by atoms with van der Waals surface area (Å²) in [5, 5.41) is 0. The lowest BCUT2D eigenvalue weighted by atomic mass is 10.4. The average molecular weight is 209 g/mol. The topological polar surface area (TPSA) is 55.2 Å². The molecule has 0 atom stereocenters. The van der Waals surface area contributed by atoms with E-state index in [4.69, 9.17) is 0 Å². The summed E-state index contributed by atoms with van der Waals surface area (Å²) < 4.78 is 1.31. The molecule has 82 valence electrons. The molecule has 0 aliphatic rings. The van der Waals surface area contributed by atoms with E-state index in [0.29, 0.717) is 13.1 Å². The number of likely N-dealkylation sites (N-methyl/N-ethyl adjacent to an activating group) is 1. The minimum atomic E-state index is -0.203. The van der Waals surface area contributed by atoms with Gasteiger partial charge in [-0.2, -0.15) is 0 Å². The summed E-state index contributed by atoms with van der Waals surface area (Å²) in [7, 11) is 0. The van der Waals surface area contributed by atoms with E-state index >= 15 is 0 Å². The number of nitrogens with zero attached hydrogens (tertiary/aromatic N) is 3. The normalized spacial score (nSPS) is 10.0. The molecule has 0 fully saturated rings. The van der Waals surface area contributed by atoms with Crippen LogP contribution in [-0.4, -0.2) is 33.4 Å². The molecule has 0 bridgehead atoms. The van der Waals surface area contributed by atoms with E-state index < -0.39 is 0 Å². The Morgan fingerprint density at radius 2 is 2.13 bits per heavy atom. The van der Waals surface area contributed by atoms with Crippen LogP contribution in [0.2, 0.25) is 0 Å². The highest BCUT2D eigenvalue weighted by atomic mass is 16.2. The molecule has 0 spiro atoms. The Bertz CT molecular complexity index is 382. The van der Waals surface area contributed by atoms with Crippen molar-refractivity contribution in [2.24, 2.45) is 0 Å². The second-order valence-electron chi connectivity index (χ2n) is 3.11. The first-order chi connectivity index (χ1) is 7.19. The minimum Gasteiger partial charge on any atom is -0.342 e. The van der Waals surface area contributed by atoms with Crippen LogP contribution < -0.4 is 5.56 Å². The lowest BCUT2D eigenvalue weighted by Crippen LogP contribution is -2.36. The molecule has 1 rings (SSSR count). The first-order valence-corrected chi connectivity index (χ1v) is 4.97. The standard InChI is InChI=1S/C10H15N3O2/c1-3-12(4-2)10(15)7-13-8-11-6-5-9(13)14/h5-6,8H,3-4,7H2,1-2H3. The van der Waals surface area contributed by atoms with Gasteiger partial charge in [0.2, 0.25) is 5.91 Å². The fourth-order valence-electron chi connectivity index (χ4n) is 1.32. The number of carbonyl (C=O) groups excluding carboxylic acids is 1. The van der Waals surface area contributed by atoms with Crippen molar-refractivity contribution in [2.45, 2.75) is 20.4 Å². The Balaban J connectivity index is 2.74. The van der Waals surface area contributed by atoms with Crippen LogP contribution in [-0.2, 0) is 11.3 Å². The molecule has 1 heterocycles. The van der Waals surface area contributed by atoms with Gasteiger partial charge in [0.25, 0.3) is 5.56 Å². The van der Waals surface area contributed by atoms with Gasteiger partial charge in [-0.1, -0.05) is 0 Å². The van der Waals surface area contributed by atoms with Crippen molar-refractivity contribution in [3.05, 3.63) is 28.9 Å². The van der Waals surface area contributed by atoms with Gasteiger partial charge in [0.15, 0.2) is 0 Å². The zero-order valence-electron chi connectivity index (χ0n) is 9.01. The summed E-state index contributed by atoms with van der Waals surface area (Å²) in [5.74, 6) is -0.0601. The van der Waals surface area contributed by atoms with Crippen LogP contribution in [0.5, 0.6) is 0 Å². The predicted octanol–water partition coefficient (Wildman–Crippen LogP) is 0.112. The number of carbonyl (C=O) groups is 1. The van der Waals surface area contributed by atoms with Crippen LogP contribution in [0.1, 0.15) is 13.8 Å². The third-order valence-electron chi connectivity index (χ3n) is 2.21. The number of aromatic nitrogens is 2. The SMILES string of the molecule is CCN(CC)C(=O)Cn1cnccc1=O. The number of hydrogen-bond donors (Lipinski definition) is 0. The molecule has 0 saturated heterocycles. The van der Waals surface area contributed by atoms with Crippen LogP contribution in [0.25, 0.3) is 0 Å². The Kier molecular flexibility index (Phi) is 4.03. The summed E-state index contributed by atoms with van der Waals surface area (Å²) in [5.41, 5.74) is -0.203. The highest BCUT2D eigenvalue weighted by molar-refractivity contribution is 5.75. The quantitative estimate of drug-likeness (QED) is 0.707. The zero-order chi connectivity index (χ0) is 11.3. The first-order valence-electron chi connectivity index (χ1n) is 4.97. The van der Waals surface area contributed by atoms with E-state index in [0.717, 1.165) is 0 Å². The summed E-state index contributed by atoms with van der Waals surface area (Å²) in [6, 6.07) is 1.34. The molecule has 1 aromatic heterocycles. The fourth-order valence-corrected chi connectivity index (χ4v) is 1.32. The van der Waals surface area contributed by atoms with Gasteiger partial charge in [0, 0.05) is 25.4 Å². The molecule has 15 heavy (non-hydrogen) atoms. The lowest BCUT2D eigenvalue weighted by molar-refractivity contribution is -0.131. The molecule has 1 amide bonds. The number of amides is 1. The molecule has 0 saturated carbocycles. The monoisotopic (exact) mass is 209 g/mol. The predicted molar refractivity (Wildman–Crippen MR) is 56.4 cm³/mol. The maximum Gasteiger partial charge on any atom is 0.253 e. The molecule has 1 aromatic rings. The summed E-state index contributed by atoms with van der Waals surface area (Å²) in [4.78, 5) is 28.5. The third-order valence-corrected chi connectivity index (χ3v) is 2.21.